The van der Waals surface area contributed by atoms with Crippen LogP contribution in [0.2, 0.25) is 0 Å². The molecule has 0 unspecified atom stereocenters. The van der Waals surface area contributed by atoms with Crippen molar-refractivity contribution in [1.29, 1.82) is 0 Å². The summed E-state index contributed by atoms with van der Waals surface area (Å²) in [5.41, 5.74) is 0.272. The Kier molecular flexibility index (Phi) is 3.70. The van der Waals surface area contributed by atoms with Crippen molar-refractivity contribution in [3.63, 3.8) is 0 Å². The Bertz CT molecular complexity index is 658. The van der Waals surface area contributed by atoms with Crippen LogP contribution >= 0.6 is 0 Å². The number of carboxylic acids is 1. The maximum Gasteiger partial charge on any atom is 0.335 e. The molecule has 104 valence electrons. The number of benzene rings is 2. The fourth-order valence-corrected chi connectivity index (χ4v) is 2.06. The first kappa shape index (κ1) is 14.0. The zero-order valence-corrected chi connectivity index (χ0v) is 10.9. The van der Waals surface area contributed by atoms with E-state index in [0.717, 1.165) is 12.1 Å². The van der Waals surface area contributed by atoms with Crippen LogP contribution in [-0.4, -0.2) is 18.2 Å². The molecule has 0 atom stereocenters. The lowest BCUT2D eigenvalue weighted by atomic mass is 9.95. The molecule has 5 heteroatoms. The first-order chi connectivity index (χ1) is 9.45. The summed E-state index contributed by atoms with van der Waals surface area (Å²) in [5.74, 6) is -2.67. The molecule has 0 aliphatic rings. The summed E-state index contributed by atoms with van der Waals surface area (Å²) in [6, 6.07) is 6.45. The van der Waals surface area contributed by atoms with Gasteiger partial charge in [0.25, 0.3) is 0 Å². The van der Waals surface area contributed by atoms with Crippen LogP contribution in [0.3, 0.4) is 0 Å². The third-order valence-corrected chi connectivity index (χ3v) is 3.08. The van der Waals surface area contributed by atoms with Gasteiger partial charge in [-0.05, 0) is 24.1 Å². The average molecular weight is 278 g/mol. The third-order valence-electron chi connectivity index (χ3n) is 3.08. The van der Waals surface area contributed by atoms with Gasteiger partial charge in [-0.15, -0.1) is 0 Å². The van der Waals surface area contributed by atoms with Crippen LogP contribution in [0.5, 0.6) is 5.75 Å². The smallest absolute Gasteiger partial charge is 0.335 e. The summed E-state index contributed by atoms with van der Waals surface area (Å²) in [6.45, 7) is 1.52. The molecule has 0 aliphatic heterocycles. The van der Waals surface area contributed by atoms with Crippen LogP contribution in [0.1, 0.15) is 15.9 Å². The molecule has 0 saturated heterocycles. The normalized spacial score (nSPS) is 10.4. The molecular formula is C15H12F2O3. The molecule has 0 spiro atoms. The van der Waals surface area contributed by atoms with Gasteiger partial charge < -0.3 is 9.84 Å². The number of carbonyl (C=O) groups is 1. The van der Waals surface area contributed by atoms with Gasteiger partial charge in [-0.1, -0.05) is 12.1 Å². The van der Waals surface area contributed by atoms with Gasteiger partial charge in [-0.2, -0.15) is 0 Å². The molecule has 0 heterocycles. The highest BCUT2D eigenvalue weighted by Gasteiger charge is 2.18. The molecule has 1 N–H and O–H groups in total. The second kappa shape index (κ2) is 5.28. The summed E-state index contributed by atoms with van der Waals surface area (Å²) in [6.07, 6.45) is 0. The monoisotopic (exact) mass is 278 g/mol. The Morgan fingerprint density at radius 1 is 1.20 bits per heavy atom. The van der Waals surface area contributed by atoms with Crippen molar-refractivity contribution in [2.45, 2.75) is 6.92 Å². The van der Waals surface area contributed by atoms with Crippen molar-refractivity contribution in [2.75, 3.05) is 7.11 Å². The predicted octanol–water partition coefficient (Wildman–Crippen LogP) is 3.65. The minimum atomic E-state index is -1.14. The van der Waals surface area contributed by atoms with Gasteiger partial charge in [0.15, 0.2) is 0 Å². The molecule has 2 rings (SSSR count). The van der Waals surface area contributed by atoms with E-state index >= 15 is 0 Å². The number of hydrogen-bond donors (Lipinski definition) is 1. The second-order valence-electron chi connectivity index (χ2n) is 4.25. The number of ether oxygens (including phenoxy) is 1. The average Bonchev–Trinajstić information content (AvgIpc) is 2.39. The van der Waals surface area contributed by atoms with Crippen molar-refractivity contribution < 1.29 is 23.4 Å². The van der Waals surface area contributed by atoms with Gasteiger partial charge in [0.2, 0.25) is 0 Å². The molecule has 0 fully saturated rings. The van der Waals surface area contributed by atoms with E-state index in [2.05, 4.69) is 0 Å². The molecule has 0 bridgehead atoms. The van der Waals surface area contributed by atoms with Gasteiger partial charge in [0, 0.05) is 12.1 Å². The van der Waals surface area contributed by atoms with Gasteiger partial charge in [0.05, 0.1) is 18.2 Å². The lowest BCUT2D eigenvalue weighted by Gasteiger charge is -2.12. The Morgan fingerprint density at radius 3 is 2.30 bits per heavy atom. The van der Waals surface area contributed by atoms with E-state index in [1.54, 1.807) is 0 Å². The van der Waals surface area contributed by atoms with Gasteiger partial charge in [-0.25, -0.2) is 13.6 Å². The van der Waals surface area contributed by atoms with Crippen LogP contribution in [0.15, 0.2) is 30.3 Å². The lowest BCUT2D eigenvalue weighted by molar-refractivity contribution is 0.0696. The minimum absolute atomic E-state index is 0.0112. The molecule has 0 saturated carbocycles. The summed E-state index contributed by atoms with van der Waals surface area (Å²) in [7, 11) is 1.31. The first-order valence-electron chi connectivity index (χ1n) is 5.82. The maximum absolute atomic E-state index is 14.0. The predicted molar refractivity (Wildman–Crippen MR) is 70.0 cm³/mol. The van der Waals surface area contributed by atoms with Crippen LogP contribution in [0.4, 0.5) is 8.78 Å². The van der Waals surface area contributed by atoms with Crippen molar-refractivity contribution >= 4 is 5.97 Å². The van der Waals surface area contributed by atoms with E-state index in [-0.39, 0.29) is 22.4 Å². The number of methoxy groups -OCH3 is 1. The standard InChI is InChI=1S/C15H12F2O3/c1-8-10(4-3-5-11(8)15(18)19)14-12(16)6-9(20-2)7-13(14)17/h3-7H,1-2H3,(H,18,19). The fourth-order valence-electron chi connectivity index (χ4n) is 2.06. The van der Waals surface area contributed by atoms with Crippen molar-refractivity contribution in [3.05, 3.63) is 53.1 Å². The molecule has 0 aromatic heterocycles. The maximum atomic E-state index is 14.0. The zero-order chi connectivity index (χ0) is 14.9. The van der Waals surface area contributed by atoms with Crippen LogP contribution in [-0.2, 0) is 0 Å². The molecule has 0 amide bonds. The topological polar surface area (TPSA) is 46.5 Å². The van der Waals surface area contributed by atoms with E-state index in [9.17, 15) is 13.6 Å². The SMILES string of the molecule is COc1cc(F)c(-c2cccc(C(=O)O)c2C)c(F)c1. The van der Waals surface area contributed by atoms with Crippen LogP contribution in [0, 0.1) is 18.6 Å². The second-order valence-corrected chi connectivity index (χ2v) is 4.25. The van der Waals surface area contributed by atoms with Crippen LogP contribution < -0.4 is 4.74 Å². The van der Waals surface area contributed by atoms with E-state index in [1.165, 1.54) is 32.2 Å². The van der Waals surface area contributed by atoms with Gasteiger partial charge in [-0.3, -0.25) is 0 Å². The van der Waals surface area contributed by atoms with Crippen molar-refractivity contribution in [2.24, 2.45) is 0 Å². The van der Waals surface area contributed by atoms with Gasteiger partial charge >= 0.3 is 5.97 Å². The zero-order valence-electron chi connectivity index (χ0n) is 10.9. The Hall–Kier alpha value is -2.43. The van der Waals surface area contributed by atoms with E-state index in [4.69, 9.17) is 9.84 Å². The first-order valence-corrected chi connectivity index (χ1v) is 5.82. The highest BCUT2D eigenvalue weighted by atomic mass is 19.1. The van der Waals surface area contributed by atoms with Crippen molar-refractivity contribution in [1.82, 2.24) is 0 Å². The van der Waals surface area contributed by atoms with Crippen molar-refractivity contribution in [3.8, 4) is 16.9 Å². The molecule has 3 nitrogen and oxygen atoms in total. The number of hydrogen-bond acceptors (Lipinski definition) is 2. The van der Waals surface area contributed by atoms with Crippen LogP contribution in [0.25, 0.3) is 11.1 Å². The third kappa shape index (κ3) is 2.34. The van der Waals surface area contributed by atoms with E-state index < -0.39 is 17.6 Å². The summed E-state index contributed by atoms with van der Waals surface area (Å²) >= 11 is 0. The highest BCUT2D eigenvalue weighted by molar-refractivity contribution is 5.92. The molecule has 2 aromatic rings. The molecule has 20 heavy (non-hydrogen) atoms. The Morgan fingerprint density at radius 2 is 1.80 bits per heavy atom. The lowest BCUT2D eigenvalue weighted by Crippen LogP contribution is -2.02. The van der Waals surface area contributed by atoms with Gasteiger partial charge in [0.1, 0.15) is 17.4 Å². The number of aromatic carboxylic acids is 1. The molecule has 2 aromatic carbocycles. The summed E-state index contributed by atoms with van der Waals surface area (Å²) in [5, 5.41) is 9.05. The number of halogens is 2. The van der Waals surface area contributed by atoms with E-state index in [1.807, 2.05) is 0 Å². The minimum Gasteiger partial charge on any atom is -0.497 e. The molecule has 0 aliphatic carbocycles. The quantitative estimate of drug-likeness (QED) is 0.932. The summed E-state index contributed by atoms with van der Waals surface area (Å²) < 4.78 is 32.8. The number of carboxylic acid groups (broad SMARTS) is 1. The van der Waals surface area contributed by atoms with E-state index in [0.29, 0.717) is 5.56 Å². The Labute approximate surface area is 114 Å². The fraction of sp³-hybridized carbons (Fsp3) is 0.133. The molecular weight excluding hydrogens is 266 g/mol. The molecule has 0 radical (unpaired) electrons. The largest absolute Gasteiger partial charge is 0.497 e. The summed E-state index contributed by atoms with van der Waals surface area (Å²) in [4.78, 5) is 11.1. The number of rotatable bonds is 3. The Balaban J connectivity index is 2.69. The highest BCUT2D eigenvalue weighted by Crippen LogP contribution is 2.32.